The van der Waals surface area contributed by atoms with Crippen LogP contribution in [0, 0.1) is 0 Å². The van der Waals surface area contributed by atoms with Crippen molar-refractivity contribution in [2.24, 2.45) is 0 Å². The van der Waals surface area contributed by atoms with Crippen LogP contribution < -0.4 is 14.4 Å². The smallest absolute Gasteiger partial charge is 0.244 e. The van der Waals surface area contributed by atoms with E-state index in [2.05, 4.69) is 5.32 Å². The van der Waals surface area contributed by atoms with E-state index >= 15 is 0 Å². The molecule has 0 aliphatic heterocycles. The van der Waals surface area contributed by atoms with Crippen molar-refractivity contribution in [3.05, 3.63) is 96.1 Å². The normalized spacial score (nSPS) is 11.9. The number of rotatable bonds is 13. The maximum absolute atomic E-state index is 13.6. The van der Waals surface area contributed by atoms with E-state index < -0.39 is 28.5 Å². The van der Waals surface area contributed by atoms with Crippen LogP contribution in [0.5, 0.6) is 5.75 Å². The molecule has 1 atom stereocenters. The number of carbonyl (C=O) groups is 2. The molecule has 0 aromatic heterocycles. The Bertz CT molecular complexity index is 1280. The molecule has 2 amide bonds. The standard InChI is InChI=1S/C29H35N3O5S/c1-4-27(29(34)30-5-2)31(20-23-12-8-6-9-13-23)28(33)21-32(38(3,35)36)25-16-18-26(19-17-25)37-22-24-14-10-7-11-15-24/h6-19,27H,4-5,20-22H2,1-3H3,(H,30,34)/t27-/m1/s1. The number of sulfonamides is 1. The first-order valence-electron chi connectivity index (χ1n) is 12.6. The van der Waals surface area contributed by atoms with E-state index in [1.807, 2.05) is 74.5 Å². The number of carbonyl (C=O) groups excluding carboxylic acids is 2. The minimum Gasteiger partial charge on any atom is -0.489 e. The monoisotopic (exact) mass is 537 g/mol. The lowest BCUT2D eigenvalue weighted by Gasteiger charge is -2.32. The highest BCUT2D eigenvalue weighted by molar-refractivity contribution is 7.92. The van der Waals surface area contributed by atoms with Crippen LogP contribution in [0.15, 0.2) is 84.9 Å². The fourth-order valence-electron chi connectivity index (χ4n) is 4.05. The molecular weight excluding hydrogens is 502 g/mol. The lowest BCUT2D eigenvalue weighted by atomic mass is 10.1. The zero-order valence-electron chi connectivity index (χ0n) is 22.0. The number of ether oxygens (including phenoxy) is 1. The summed E-state index contributed by atoms with van der Waals surface area (Å²) in [5.74, 6) is -0.169. The molecule has 1 N–H and O–H groups in total. The summed E-state index contributed by atoms with van der Waals surface area (Å²) in [6.07, 6.45) is 1.44. The molecule has 0 bridgehead atoms. The highest BCUT2D eigenvalue weighted by Crippen LogP contribution is 2.23. The van der Waals surface area contributed by atoms with Crippen LogP contribution in [-0.4, -0.2) is 50.5 Å². The van der Waals surface area contributed by atoms with Gasteiger partial charge in [-0.2, -0.15) is 0 Å². The van der Waals surface area contributed by atoms with Gasteiger partial charge < -0.3 is 15.0 Å². The van der Waals surface area contributed by atoms with Crippen LogP contribution in [0.2, 0.25) is 0 Å². The van der Waals surface area contributed by atoms with Crippen molar-refractivity contribution in [2.45, 2.75) is 39.5 Å². The van der Waals surface area contributed by atoms with E-state index in [0.29, 0.717) is 31.0 Å². The van der Waals surface area contributed by atoms with Crippen molar-refractivity contribution in [1.29, 1.82) is 0 Å². The van der Waals surface area contributed by atoms with Crippen LogP contribution in [0.25, 0.3) is 0 Å². The van der Waals surface area contributed by atoms with E-state index in [1.54, 1.807) is 24.3 Å². The molecule has 8 nitrogen and oxygen atoms in total. The lowest BCUT2D eigenvalue weighted by Crippen LogP contribution is -2.52. The number of hydrogen-bond acceptors (Lipinski definition) is 5. The summed E-state index contributed by atoms with van der Waals surface area (Å²) in [7, 11) is -3.81. The minimum absolute atomic E-state index is 0.180. The van der Waals surface area contributed by atoms with Gasteiger partial charge in [-0.25, -0.2) is 8.42 Å². The zero-order valence-corrected chi connectivity index (χ0v) is 22.9. The van der Waals surface area contributed by atoms with Crippen molar-refractivity contribution in [3.63, 3.8) is 0 Å². The van der Waals surface area contributed by atoms with Crippen LogP contribution in [-0.2, 0) is 32.8 Å². The number of nitrogens with zero attached hydrogens (tertiary/aromatic N) is 2. The van der Waals surface area contributed by atoms with Crippen molar-refractivity contribution in [3.8, 4) is 5.75 Å². The molecule has 0 aliphatic carbocycles. The second kappa shape index (κ2) is 13.6. The Balaban J connectivity index is 1.82. The summed E-state index contributed by atoms with van der Waals surface area (Å²) in [4.78, 5) is 27.9. The maximum atomic E-state index is 13.6. The van der Waals surface area contributed by atoms with Gasteiger partial charge in [0.2, 0.25) is 21.8 Å². The number of likely N-dealkylation sites (N-methyl/N-ethyl adjacent to an activating group) is 1. The summed E-state index contributed by atoms with van der Waals surface area (Å²) in [6, 6.07) is 24.8. The Kier molecular flexibility index (Phi) is 10.3. The molecule has 0 heterocycles. The molecule has 0 aliphatic rings. The first kappa shape index (κ1) is 28.7. The highest BCUT2D eigenvalue weighted by atomic mass is 32.2. The summed E-state index contributed by atoms with van der Waals surface area (Å²) in [6.45, 7) is 4.18. The van der Waals surface area contributed by atoms with Gasteiger partial charge in [0.25, 0.3) is 0 Å². The fraction of sp³-hybridized carbons (Fsp3) is 0.310. The Labute approximate surface area is 225 Å². The van der Waals surface area contributed by atoms with Crippen LogP contribution in [0.4, 0.5) is 5.69 Å². The third-order valence-corrected chi connectivity index (χ3v) is 7.13. The van der Waals surface area contributed by atoms with Gasteiger partial charge in [0.1, 0.15) is 24.9 Å². The average Bonchev–Trinajstić information content (AvgIpc) is 2.91. The molecule has 202 valence electrons. The number of anilines is 1. The Morgan fingerprint density at radius 3 is 1.97 bits per heavy atom. The highest BCUT2D eigenvalue weighted by Gasteiger charge is 2.31. The first-order valence-corrected chi connectivity index (χ1v) is 14.4. The van der Waals surface area contributed by atoms with Gasteiger partial charge in [-0.3, -0.25) is 13.9 Å². The van der Waals surface area contributed by atoms with Gasteiger partial charge in [0, 0.05) is 13.1 Å². The molecule has 3 rings (SSSR count). The van der Waals surface area contributed by atoms with E-state index in [-0.39, 0.29) is 12.5 Å². The molecule has 0 unspecified atom stereocenters. The predicted molar refractivity (Wildman–Crippen MR) is 149 cm³/mol. The molecule has 38 heavy (non-hydrogen) atoms. The van der Waals surface area contributed by atoms with E-state index in [0.717, 1.165) is 21.7 Å². The van der Waals surface area contributed by atoms with Gasteiger partial charge in [-0.1, -0.05) is 67.6 Å². The summed E-state index contributed by atoms with van der Waals surface area (Å²) in [5, 5.41) is 2.78. The van der Waals surface area contributed by atoms with Crippen molar-refractivity contribution in [1.82, 2.24) is 10.2 Å². The first-order chi connectivity index (χ1) is 18.2. The van der Waals surface area contributed by atoms with Crippen LogP contribution in [0.1, 0.15) is 31.4 Å². The molecule has 0 spiro atoms. The molecule has 0 saturated carbocycles. The number of amides is 2. The van der Waals surface area contributed by atoms with E-state index in [9.17, 15) is 18.0 Å². The minimum atomic E-state index is -3.81. The van der Waals surface area contributed by atoms with Gasteiger partial charge >= 0.3 is 0 Å². The maximum Gasteiger partial charge on any atom is 0.244 e. The Morgan fingerprint density at radius 1 is 0.868 bits per heavy atom. The van der Waals surface area contributed by atoms with Crippen molar-refractivity contribution >= 4 is 27.5 Å². The van der Waals surface area contributed by atoms with Gasteiger partial charge in [-0.05, 0) is 48.7 Å². The van der Waals surface area contributed by atoms with E-state index in [1.165, 1.54) is 4.90 Å². The van der Waals surface area contributed by atoms with Crippen molar-refractivity contribution < 1.29 is 22.7 Å². The largest absolute Gasteiger partial charge is 0.489 e. The summed E-state index contributed by atoms with van der Waals surface area (Å²) in [5.41, 5.74) is 2.18. The third-order valence-electron chi connectivity index (χ3n) is 5.98. The van der Waals surface area contributed by atoms with Crippen molar-refractivity contribution in [2.75, 3.05) is 23.7 Å². The fourth-order valence-corrected chi connectivity index (χ4v) is 4.90. The Hall–Kier alpha value is -3.85. The molecule has 3 aromatic carbocycles. The zero-order chi connectivity index (χ0) is 27.5. The van der Waals surface area contributed by atoms with Crippen LogP contribution >= 0.6 is 0 Å². The summed E-state index contributed by atoms with van der Waals surface area (Å²) >= 11 is 0. The number of hydrogen-bond donors (Lipinski definition) is 1. The topological polar surface area (TPSA) is 96.0 Å². The van der Waals surface area contributed by atoms with Gasteiger partial charge in [-0.15, -0.1) is 0 Å². The molecular formula is C29H35N3O5S. The number of nitrogens with one attached hydrogen (secondary N) is 1. The van der Waals surface area contributed by atoms with E-state index in [4.69, 9.17) is 4.74 Å². The van der Waals surface area contributed by atoms with Crippen LogP contribution in [0.3, 0.4) is 0 Å². The van der Waals surface area contributed by atoms with Gasteiger partial charge in [0.15, 0.2) is 0 Å². The quantitative estimate of drug-likeness (QED) is 0.356. The predicted octanol–water partition coefficient (Wildman–Crippen LogP) is 3.98. The SMILES string of the molecule is CCNC(=O)[C@@H](CC)N(Cc1ccccc1)C(=O)CN(c1ccc(OCc2ccccc2)cc1)S(C)(=O)=O. The second-order valence-electron chi connectivity index (χ2n) is 8.86. The molecule has 3 aromatic rings. The third kappa shape index (κ3) is 8.08. The molecule has 9 heteroatoms. The van der Waals surface area contributed by atoms with Gasteiger partial charge in [0.05, 0.1) is 11.9 Å². The average molecular weight is 538 g/mol. The Morgan fingerprint density at radius 2 is 1.45 bits per heavy atom. The lowest BCUT2D eigenvalue weighted by molar-refractivity contribution is -0.140. The number of benzene rings is 3. The molecule has 0 fully saturated rings. The second-order valence-corrected chi connectivity index (χ2v) is 10.8. The molecule has 0 saturated heterocycles. The molecule has 0 radical (unpaired) electrons. The summed E-state index contributed by atoms with van der Waals surface area (Å²) < 4.78 is 32.4.